The highest BCUT2D eigenvalue weighted by atomic mass is 16.5. The Bertz CT molecular complexity index is 721. The molecule has 1 aromatic carbocycles. The molecule has 0 saturated heterocycles. The zero-order valence-electron chi connectivity index (χ0n) is 17.1. The van der Waals surface area contributed by atoms with E-state index < -0.39 is 5.92 Å². The lowest BCUT2D eigenvalue weighted by Crippen LogP contribution is -2.42. The van der Waals surface area contributed by atoms with Gasteiger partial charge in [-0.1, -0.05) is 26.8 Å². The van der Waals surface area contributed by atoms with Crippen molar-refractivity contribution >= 4 is 17.3 Å². The van der Waals surface area contributed by atoms with Crippen molar-refractivity contribution in [3.8, 4) is 11.5 Å². The highest BCUT2D eigenvalue weighted by Crippen LogP contribution is 2.35. The largest absolute Gasteiger partial charge is 0.493 e. The molecule has 0 radical (unpaired) electrons. The number of carbonyl (C=O) groups is 2. The molecule has 1 saturated carbocycles. The second-order valence-corrected chi connectivity index (χ2v) is 7.95. The van der Waals surface area contributed by atoms with Crippen LogP contribution in [0.4, 0.5) is 0 Å². The van der Waals surface area contributed by atoms with Gasteiger partial charge in [0.15, 0.2) is 11.5 Å². The maximum Gasteiger partial charge on any atom is 0.160 e. The molecule has 2 rings (SSSR count). The van der Waals surface area contributed by atoms with Crippen LogP contribution in [-0.2, 0) is 16.0 Å². The average molecular weight is 373 g/mol. The van der Waals surface area contributed by atoms with E-state index in [2.05, 4.69) is 13.8 Å². The minimum Gasteiger partial charge on any atom is -0.493 e. The maximum atomic E-state index is 12.6. The Hall–Kier alpha value is -2.17. The number of methoxy groups -OCH3 is 2. The summed E-state index contributed by atoms with van der Waals surface area (Å²) in [6, 6.07) is 5.80. The van der Waals surface area contributed by atoms with Crippen LogP contribution >= 0.6 is 0 Å². The lowest BCUT2D eigenvalue weighted by molar-refractivity contribution is -0.132. The van der Waals surface area contributed by atoms with Crippen LogP contribution in [0.15, 0.2) is 23.2 Å². The van der Waals surface area contributed by atoms with Crippen LogP contribution in [-0.4, -0.2) is 38.0 Å². The Morgan fingerprint density at radius 3 is 2.52 bits per heavy atom. The Balaban J connectivity index is 2.16. The number of rotatable bonds is 8. The molecular weight excluding hydrogens is 342 g/mol. The third-order valence-corrected chi connectivity index (χ3v) is 4.95. The monoisotopic (exact) mass is 373 g/mol. The van der Waals surface area contributed by atoms with Gasteiger partial charge in [0.25, 0.3) is 0 Å². The third-order valence-electron chi connectivity index (χ3n) is 4.95. The lowest BCUT2D eigenvalue weighted by Gasteiger charge is -2.34. The van der Waals surface area contributed by atoms with E-state index in [4.69, 9.17) is 14.5 Å². The minimum atomic E-state index is -0.636. The molecule has 0 aromatic heterocycles. The summed E-state index contributed by atoms with van der Waals surface area (Å²) in [7, 11) is 3.22. The molecule has 0 aliphatic heterocycles. The molecule has 0 bridgehead atoms. The number of ether oxygens (including phenoxy) is 2. The molecule has 0 N–H and O–H groups in total. The predicted molar refractivity (Wildman–Crippen MR) is 107 cm³/mol. The first-order chi connectivity index (χ1) is 12.8. The summed E-state index contributed by atoms with van der Waals surface area (Å²) >= 11 is 0. The summed E-state index contributed by atoms with van der Waals surface area (Å²) in [5.41, 5.74) is 1.70. The zero-order valence-corrected chi connectivity index (χ0v) is 17.1. The standard InChI is InChI=1S/C22H31NO4/c1-6-7-17(24)21-16(13-22(2,3)14-18(21)25)23-11-10-15-8-9-19(26-4)20(12-15)27-5/h8-9,12,21H,6-7,10-11,13-14H2,1-5H3/t21-/m0/s1. The van der Waals surface area contributed by atoms with Gasteiger partial charge in [-0.2, -0.15) is 0 Å². The predicted octanol–water partition coefficient (Wildman–Crippen LogP) is 4.06. The Morgan fingerprint density at radius 2 is 1.89 bits per heavy atom. The Kier molecular flexibility index (Phi) is 7.17. The van der Waals surface area contributed by atoms with E-state index in [1.165, 1.54) is 0 Å². The van der Waals surface area contributed by atoms with Crippen LogP contribution in [0.3, 0.4) is 0 Å². The van der Waals surface area contributed by atoms with E-state index in [1.807, 2.05) is 25.1 Å². The van der Waals surface area contributed by atoms with Crippen LogP contribution < -0.4 is 9.47 Å². The molecule has 5 nitrogen and oxygen atoms in total. The summed E-state index contributed by atoms with van der Waals surface area (Å²) in [6.45, 7) is 6.64. The van der Waals surface area contributed by atoms with Crippen LogP contribution in [0.25, 0.3) is 0 Å². The first-order valence-electron chi connectivity index (χ1n) is 9.61. The minimum absolute atomic E-state index is 0.0165. The highest BCUT2D eigenvalue weighted by Gasteiger charge is 2.41. The number of hydrogen-bond acceptors (Lipinski definition) is 5. The van der Waals surface area contributed by atoms with Crippen molar-refractivity contribution in [2.45, 2.75) is 52.9 Å². The Morgan fingerprint density at radius 1 is 1.19 bits per heavy atom. The fourth-order valence-electron chi connectivity index (χ4n) is 3.68. The zero-order chi connectivity index (χ0) is 20.0. The van der Waals surface area contributed by atoms with Crippen molar-refractivity contribution < 1.29 is 19.1 Å². The molecule has 1 aliphatic carbocycles. The highest BCUT2D eigenvalue weighted by molar-refractivity contribution is 6.22. The molecule has 0 amide bonds. The molecule has 5 heteroatoms. The lowest BCUT2D eigenvalue weighted by atomic mass is 9.69. The van der Waals surface area contributed by atoms with Gasteiger partial charge in [-0.15, -0.1) is 0 Å². The van der Waals surface area contributed by atoms with Gasteiger partial charge in [0.05, 0.1) is 14.2 Å². The first kappa shape index (κ1) is 21.1. The van der Waals surface area contributed by atoms with E-state index in [0.717, 1.165) is 17.7 Å². The smallest absolute Gasteiger partial charge is 0.160 e. The molecular formula is C22H31NO4. The number of nitrogens with zero attached hydrogens (tertiary/aromatic N) is 1. The van der Waals surface area contributed by atoms with E-state index in [9.17, 15) is 9.59 Å². The van der Waals surface area contributed by atoms with Crippen molar-refractivity contribution in [3.05, 3.63) is 23.8 Å². The van der Waals surface area contributed by atoms with E-state index in [1.54, 1.807) is 14.2 Å². The molecule has 0 heterocycles. The van der Waals surface area contributed by atoms with Gasteiger partial charge in [-0.25, -0.2) is 0 Å². The topological polar surface area (TPSA) is 65.0 Å². The van der Waals surface area contributed by atoms with Gasteiger partial charge < -0.3 is 9.47 Å². The van der Waals surface area contributed by atoms with Crippen molar-refractivity contribution in [1.82, 2.24) is 0 Å². The van der Waals surface area contributed by atoms with Crippen molar-refractivity contribution in [2.75, 3.05) is 20.8 Å². The van der Waals surface area contributed by atoms with Crippen LogP contribution in [0.1, 0.15) is 52.0 Å². The van der Waals surface area contributed by atoms with E-state index >= 15 is 0 Å². The number of ketones is 2. The SMILES string of the molecule is CCCC(=O)[C@H]1C(=O)CC(C)(C)CC1=NCCc1ccc(OC)c(OC)c1. The quantitative estimate of drug-likeness (QED) is 0.645. The molecule has 1 atom stereocenters. The summed E-state index contributed by atoms with van der Waals surface area (Å²) in [5, 5.41) is 0. The normalized spacial score (nSPS) is 20.6. The van der Waals surface area contributed by atoms with Crippen LogP contribution in [0.5, 0.6) is 11.5 Å². The van der Waals surface area contributed by atoms with E-state index in [-0.39, 0.29) is 17.0 Å². The fraction of sp³-hybridized carbons (Fsp3) is 0.591. The molecule has 1 aliphatic rings. The van der Waals surface area contributed by atoms with Crippen LogP contribution in [0.2, 0.25) is 0 Å². The second kappa shape index (κ2) is 9.16. The van der Waals surface area contributed by atoms with Gasteiger partial charge in [0, 0.05) is 25.1 Å². The molecule has 0 spiro atoms. The van der Waals surface area contributed by atoms with Gasteiger partial charge in [-0.3, -0.25) is 14.6 Å². The molecule has 1 fully saturated rings. The summed E-state index contributed by atoms with van der Waals surface area (Å²) in [4.78, 5) is 29.8. The van der Waals surface area contributed by atoms with Gasteiger partial charge in [0.2, 0.25) is 0 Å². The Labute approximate surface area is 162 Å². The van der Waals surface area contributed by atoms with E-state index in [0.29, 0.717) is 43.7 Å². The second-order valence-electron chi connectivity index (χ2n) is 7.95. The molecule has 148 valence electrons. The fourth-order valence-corrected chi connectivity index (χ4v) is 3.68. The van der Waals surface area contributed by atoms with Crippen molar-refractivity contribution in [1.29, 1.82) is 0 Å². The number of carbonyl (C=O) groups excluding carboxylic acids is 2. The summed E-state index contributed by atoms with van der Waals surface area (Å²) in [5.74, 6) is 0.783. The molecule has 27 heavy (non-hydrogen) atoms. The number of Topliss-reactive ketones (excluding diaryl/α,β-unsaturated/α-hetero) is 2. The number of hydrogen-bond donors (Lipinski definition) is 0. The van der Waals surface area contributed by atoms with Crippen molar-refractivity contribution in [2.24, 2.45) is 16.3 Å². The van der Waals surface area contributed by atoms with Gasteiger partial charge in [-0.05, 0) is 42.4 Å². The molecule has 0 unspecified atom stereocenters. The summed E-state index contributed by atoms with van der Waals surface area (Å²) < 4.78 is 10.6. The summed E-state index contributed by atoms with van der Waals surface area (Å²) in [6.07, 6.45) is 3.05. The average Bonchev–Trinajstić information content (AvgIpc) is 2.60. The molecule has 1 aromatic rings. The van der Waals surface area contributed by atoms with Crippen LogP contribution in [0, 0.1) is 11.3 Å². The maximum absolute atomic E-state index is 12.6. The van der Waals surface area contributed by atoms with Gasteiger partial charge in [0.1, 0.15) is 17.5 Å². The van der Waals surface area contributed by atoms with Gasteiger partial charge >= 0.3 is 0 Å². The third kappa shape index (κ3) is 5.41. The van der Waals surface area contributed by atoms with Crippen molar-refractivity contribution in [3.63, 3.8) is 0 Å². The first-order valence-corrected chi connectivity index (χ1v) is 9.61. The number of benzene rings is 1. The number of aliphatic imine (C=N–C) groups is 1.